The van der Waals surface area contributed by atoms with Gasteiger partial charge in [-0.05, 0) is 19.4 Å². The van der Waals surface area contributed by atoms with Crippen LogP contribution in [-0.2, 0) is 4.79 Å². The zero-order valence-electron chi connectivity index (χ0n) is 13.1. The largest absolute Gasteiger partial charge is 0.478 e. The van der Waals surface area contributed by atoms with E-state index in [1.807, 2.05) is 13.8 Å². The number of likely N-dealkylation sites (N-methyl/N-ethyl adjacent to an activating group) is 2. The Morgan fingerprint density at radius 1 is 1.50 bits per heavy atom. The van der Waals surface area contributed by atoms with Gasteiger partial charge in [-0.2, -0.15) is 0 Å². The summed E-state index contributed by atoms with van der Waals surface area (Å²) in [5.74, 6) is -1.69. The minimum absolute atomic E-state index is 0.0593. The summed E-state index contributed by atoms with van der Waals surface area (Å²) in [7, 11) is 1.69. The fraction of sp³-hybridized carbons (Fsp3) is 0.533. The molecule has 1 aromatic heterocycles. The second-order valence-electron chi connectivity index (χ2n) is 5.08. The fourth-order valence-corrected chi connectivity index (χ4v) is 2.30. The Morgan fingerprint density at radius 2 is 2.18 bits per heavy atom. The number of carbonyl (C=O) groups is 2. The summed E-state index contributed by atoms with van der Waals surface area (Å²) in [5.41, 5.74) is -0.175. The van der Waals surface area contributed by atoms with Crippen molar-refractivity contribution in [1.29, 1.82) is 0 Å². The van der Waals surface area contributed by atoms with Crippen molar-refractivity contribution >= 4 is 18.2 Å². The van der Waals surface area contributed by atoms with Crippen LogP contribution in [0.2, 0.25) is 0 Å². The normalized spacial score (nSPS) is 11.8. The molecule has 0 spiro atoms. The van der Waals surface area contributed by atoms with E-state index in [-0.39, 0.29) is 17.4 Å². The van der Waals surface area contributed by atoms with Gasteiger partial charge in [0.1, 0.15) is 17.2 Å². The van der Waals surface area contributed by atoms with Crippen LogP contribution in [0.4, 0.5) is 10.2 Å². The predicted octanol–water partition coefficient (Wildman–Crippen LogP) is 2.00. The number of halogens is 1. The molecule has 6 nitrogen and oxygen atoms in total. The highest BCUT2D eigenvalue weighted by molar-refractivity contribution is 5.93. The van der Waals surface area contributed by atoms with Gasteiger partial charge in [0.15, 0.2) is 0 Å². The molecule has 0 bridgehead atoms. The van der Waals surface area contributed by atoms with E-state index in [9.17, 15) is 19.1 Å². The van der Waals surface area contributed by atoms with Crippen LogP contribution in [0.5, 0.6) is 0 Å². The molecule has 122 valence electrons. The number of rotatable bonds is 9. The molecule has 1 rings (SSSR count). The zero-order chi connectivity index (χ0) is 16.7. The van der Waals surface area contributed by atoms with Gasteiger partial charge in [0.25, 0.3) is 0 Å². The van der Waals surface area contributed by atoms with Crippen molar-refractivity contribution < 1.29 is 19.1 Å². The van der Waals surface area contributed by atoms with Crippen molar-refractivity contribution in [3.63, 3.8) is 0 Å². The average molecular weight is 311 g/mol. The van der Waals surface area contributed by atoms with Gasteiger partial charge in [-0.3, -0.25) is 4.79 Å². The molecular weight excluding hydrogens is 289 g/mol. The number of carboxylic acids is 1. The lowest BCUT2D eigenvalue weighted by atomic mass is 10.1. The first-order chi connectivity index (χ1) is 10.4. The van der Waals surface area contributed by atoms with Gasteiger partial charge in [0, 0.05) is 26.2 Å². The van der Waals surface area contributed by atoms with Crippen LogP contribution in [0.15, 0.2) is 12.3 Å². The maximum atomic E-state index is 13.2. The number of hydrogen-bond donors (Lipinski definition) is 1. The molecule has 0 aromatic carbocycles. The van der Waals surface area contributed by atoms with Crippen LogP contribution in [0.1, 0.15) is 37.0 Å². The predicted molar refractivity (Wildman–Crippen MR) is 81.6 cm³/mol. The minimum atomic E-state index is -1.23. The van der Waals surface area contributed by atoms with Crippen LogP contribution in [-0.4, -0.2) is 53.5 Å². The number of anilines is 1. The molecule has 1 N–H and O–H groups in total. The molecule has 0 fully saturated rings. The maximum absolute atomic E-state index is 13.2. The molecule has 0 aliphatic heterocycles. The highest BCUT2D eigenvalue weighted by atomic mass is 19.1. The van der Waals surface area contributed by atoms with Crippen molar-refractivity contribution in [2.75, 3.05) is 25.0 Å². The van der Waals surface area contributed by atoms with Gasteiger partial charge < -0.3 is 14.9 Å². The number of carbonyl (C=O) groups excluding carboxylic acids is 1. The quantitative estimate of drug-likeness (QED) is 0.706. The molecule has 1 atom stereocenters. The molecule has 0 radical (unpaired) electrons. The van der Waals surface area contributed by atoms with E-state index in [1.54, 1.807) is 16.8 Å². The highest BCUT2D eigenvalue weighted by Crippen LogP contribution is 2.20. The van der Waals surface area contributed by atoms with Crippen molar-refractivity contribution in [3.05, 3.63) is 23.6 Å². The Morgan fingerprint density at radius 3 is 2.68 bits per heavy atom. The summed E-state index contributed by atoms with van der Waals surface area (Å²) >= 11 is 0. The van der Waals surface area contributed by atoms with Gasteiger partial charge in [-0.15, -0.1) is 0 Å². The topological polar surface area (TPSA) is 73.7 Å². The molecule has 0 unspecified atom stereocenters. The second kappa shape index (κ2) is 8.31. The minimum Gasteiger partial charge on any atom is -0.478 e. The van der Waals surface area contributed by atoms with Crippen LogP contribution in [0.25, 0.3) is 0 Å². The Balaban J connectivity index is 3.09. The number of nitrogens with zero attached hydrogens (tertiary/aromatic N) is 3. The molecule has 1 aromatic rings. The Bertz CT molecular complexity index is 525. The lowest BCUT2D eigenvalue weighted by molar-refractivity contribution is -0.118. The van der Waals surface area contributed by atoms with Crippen LogP contribution >= 0.6 is 0 Å². The van der Waals surface area contributed by atoms with E-state index in [2.05, 4.69) is 4.98 Å². The van der Waals surface area contributed by atoms with E-state index in [0.29, 0.717) is 13.1 Å². The third-order valence-corrected chi connectivity index (χ3v) is 3.54. The van der Waals surface area contributed by atoms with E-state index < -0.39 is 11.8 Å². The lowest BCUT2D eigenvalue weighted by Gasteiger charge is -2.32. The van der Waals surface area contributed by atoms with E-state index in [1.165, 1.54) is 0 Å². The number of aromatic nitrogens is 1. The number of hydrogen-bond acceptors (Lipinski definition) is 4. The molecule has 7 heteroatoms. The highest BCUT2D eigenvalue weighted by Gasteiger charge is 2.22. The molecule has 1 amide bonds. The van der Waals surface area contributed by atoms with Crippen molar-refractivity contribution in [3.8, 4) is 0 Å². The molecular formula is C15H22FN3O3. The molecule has 0 aliphatic carbocycles. The summed E-state index contributed by atoms with van der Waals surface area (Å²) in [6.45, 7) is 4.83. The SMILES string of the molecule is CCC[C@H](CN(CC)c1ncc(F)cc1C(=O)O)N(C)C=O. The van der Waals surface area contributed by atoms with Gasteiger partial charge in [0.2, 0.25) is 6.41 Å². The standard InChI is InChI=1S/C15H22FN3O3/c1-4-6-12(18(3)10-20)9-19(5-2)14-13(15(21)22)7-11(16)8-17-14/h7-8,10,12H,4-6,9H2,1-3H3,(H,21,22)/t12-/m1/s1. The summed E-state index contributed by atoms with van der Waals surface area (Å²) in [5, 5.41) is 9.23. The van der Waals surface area contributed by atoms with Gasteiger partial charge >= 0.3 is 5.97 Å². The first kappa shape index (κ1) is 17.9. The third kappa shape index (κ3) is 4.41. The van der Waals surface area contributed by atoms with Crippen LogP contribution < -0.4 is 4.90 Å². The van der Waals surface area contributed by atoms with Crippen LogP contribution in [0, 0.1) is 5.82 Å². The van der Waals surface area contributed by atoms with E-state index in [0.717, 1.165) is 31.5 Å². The summed E-state index contributed by atoms with van der Waals surface area (Å²) in [4.78, 5) is 29.5. The molecule has 0 aliphatic rings. The summed E-state index contributed by atoms with van der Waals surface area (Å²) in [6, 6.07) is 0.905. The van der Waals surface area contributed by atoms with Crippen molar-refractivity contribution in [1.82, 2.24) is 9.88 Å². The summed E-state index contributed by atoms with van der Waals surface area (Å²) < 4.78 is 13.2. The Kier molecular flexibility index (Phi) is 6.75. The molecule has 0 saturated heterocycles. The monoisotopic (exact) mass is 311 g/mol. The number of pyridine rings is 1. The molecule has 22 heavy (non-hydrogen) atoms. The second-order valence-corrected chi connectivity index (χ2v) is 5.08. The van der Waals surface area contributed by atoms with Crippen molar-refractivity contribution in [2.45, 2.75) is 32.7 Å². The third-order valence-electron chi connectivity index (χ3n) is 3.54. The Labute approximate surface area is 129 Å². The van der Waals surface area contributed by atoms with Gasteiger partial charge in [0.05, 0.1) is 6.20 Å². The van der Waals surface area contributed by atoms with E-state index >= 15 is 0 Å². The summed E-state index contributed by atoms with van der Waals surface area (Å²) in [6.07, 6.45) is 3.44. The van der Waals surface area contributed by atoms with Gasteiger partial charge in [-0.1, -0.05) is 13.3 Å². The zero-order valence-corrected chi connectivity index (χ0v) is 13.1. The number of carboxylic acid groups (broad SMARTS) is 1. The fourth-order valence-electron chi connectivity index (χ4n) is 2.30. The number of aromatic carboxylic acids is 1. The van der Waals surface area contributed by atoms with E-state index in [4.69, 9.17) is 0 Å². The van der Waals surface area contributed by atoms with Gasteiger partial charge in [-0.25, -0.2) is 14.2 Å². The smallest absolute Gasteiger partial charge is 0.339 e. The maximum Gasteiger partial charge on any atom is 0.339 e. The number of amides is 1. The Hall–Kier alpha value is -2.18. The molecule has 0 saturated carbocycles. The first-order valence-corrected chi connectivity index (χ1v) is 7.25. The first-order valence-electron chi connectivity index (χ1n) is 7.25. The molecule has 1 heterocycles. The lowest BCUT2D eigenvalue weighted by Crippen LogP contribution is -2.42. The van der Waals surface area contributed by atoms with Crippen molar-refractivity contribution in [2.24, 2.45) is 0 Å². The average Bonchev–Trinajstić information content (AvgIpc) is 2.50. The van der Waals surface area contributed by atoms with Crippen LogP contribution in [0.3, 0.4) is 0 Å².